The number of imidazole rings is 1. The van der Waals surface area contributed by atoms with E-state index in [1.165, 1.54) is 4.88 Å². The van der Waals surface area contributed by atoms with E-state index in [9.17, 15) is 0 Å². The average Bonchev–Trinajstić information content (AvgIpc) is 3.09. The summed E-state index contributed by atoms with van der Waals surface area (Å²) in [5, 5.41) is 5.42. The molecule has 114 valence electrons. The van der Waals surface area contributed by atoms with Crippen LogP contribution >= 0.6 is 11.3 Å². The Kier molecular flexibility index (Phi) is 3.31. The van der Waals surface area contributed by atoms with Gasteiger partial charge in [-0.05, 0) is 50.4 Å². The number of hydrogen-bond donors (Lipinski definition) is 0. The Morgan fingerprint density at radius 1 is 1.04 bits per heavy atom. The molecule has 0 N–H and O–H groups in total. The zero-order valence-electron chi connectivity index (χ0n) is 12.8. The number of thiophene rings is 1. The predicted octanol–water partition coefficient (Wildman–Crippen LogP) is 4.81. The van der Waals surface area contributed by atoms with Crippen molar-refractivity contribution < 1.29 is 0 Å². The lowest BCUT2D eigenvalue weighted by Crippen LogP contribution is -1.92. The second-order valence-corrected chi connectivity index (χ2v) is 6.48. The second kappa shape index (κ2) is 5.48. The van der Waals surface area contributed by atoms with Crippen LogP contribution in [0.5, 0.6) is 0 Å². The van der Waals surface area contributed by atoms with Crippen molar-refractivity contribution in [2.45, 2.75) is 13.8 Å². The fourth-order valence-electron chi connectivity index (χ4n) is 2.54. The summed E-state index contributed by atoms with van der Waals surface area (Å²) < 4.78 is 2.04. The molecule has 0 unspecified atom stereocenters. The zero-order chi connectivity index (χ0) is 15.8. The van der Waals surface area contributed by atoms with Crippen LogP contribution in [0, 0.1) is 13.8 Å². The number of fused-ring (bicyclic) bond motifs is 1. The van der Waals surface area contributed by atoms with Gasteiger partial charge in [0.15, 0.2) is 0 Å². The number of hydrogen-bond acceptors (Lipinski definition) is 4. The molecule has 0 aliphatic heterocycles. The third-order valence-corrected chi connectivity index (χ3v) is 4.42. The molecule has 0 fully saturated rings. The van der Waals surface area contributed by atoms with Crippen molar-refractivity contribution >= 4 is 27.9 Å². The molecule has 23 heavy (non-hydrogen) atoms. The SMILES string of the molecule is Cc1ccc([N-]c2nccc(-c3c(C)nc4ccccn34)n2)s1. The van der Waals surface area contributed by atoms with Crippen molar-refractivity contribution in [2.24, 2.45) is 0 Å². The molecule has 0 saturated carbocycles. The summed E-state index contributed by atoms with van der Waals surface area (Å²) in [6, 6.07) is 11.9. The Balaban J connectivity index is 1.77. The first-order valence-electron chi connectivity index (χ1n) is 7.26. The van der Waals surface area contributed by atoms with Gasteiger partial charge in [-0.25, -0.2) is 4.98 Å². The molecule has 0 aliphatic rings. The minimum Gasteiger partial charge on any atom is -0.367 e. The molecule has 0 bridgehead atoms. The summed E-state index contributed by atoms with van der Waals surface area (Å²) in [6.45, 7) is 4.05. The lowest BCUT2D eigenvalue weighted by molar-refractivity contribution is 1.13. The van der Waals surface area contributed by atoms with Crippen molar-refractivity contribution in [1.82, 2.24) is 19.4 Å². The van der Waals surface area contributed by atoms with Gasteiger partial charge in [-0.3, -0.25) is 4.40 Å². The van der Waals surface area contributed by atoms with Crippen LogP contribution in [-0.4, -0.2) is 19.4 Å². The molecule has 0 atom stereocenters. The minimum atomic E-state index is 0.467. The van der Waals surface area contributed by atoms with E-state index in [0.29, 0.717) is 5.95 Å². The van der Waals surface area contributed by atoms with Gasteiger partial charge in [-0.1, -0.05) is 6.07 Å². The molecule has 0 saturated heterocycles. The molecule has 0 spiro atoms. The topological polar surface area (TPSA) is 57.2 Å². The number of aromatic nitrogens is 4. The van der Waals surface area contributed by atoms with E-state index in [-0.39, 0.29) is 0 Å². The van der Waals surface area contributed by atoms with Gasteiger partial charge in [-0.15, -0.1) is 11.3 Å². The Morgan fingerprint density at radius 2 is 1.96 bits per heavy atom. The van der Waals surface area contributed by atoms with E-state index >= 15 is 0 Å². The number of nitrogens with zero attached hydrogens (tertiary/aromatic N) is 5. The highest BCUT2D eigenvalue weighted by Gasteiger charge is 2.09. The van der Waals surface area contributed by atoms with Gasteiger partial charge < -0.3 is 15.3 Å². The first kappa shape index (κ1) is 13.9. The summed E-state index contributed by atoms with van der Waals surface area (Å²) in [5.41, 5.74) is 3.64. The van der Waals surface area contributed by atoms with Crippen molar-refractivity contribution in [3.8, 4) is 11.4 Å². The Bertz CT molecular complexity index is 985. The third-order valence-electron chi connectivity index (χ3n) is 3.53. The fraction of sp³-hybridized carbons (Fsp3) is 0.118. The van der Waals surface area contributed by atoms with Crippen molar-refractivity contribution in [3.05, 3.63) is 64.7 Å². The maximum Gasteiger partial charge on any atom is 0.137 e. The molecule has 4 aromatic heterocycles. The van der Waals surface area contributed by atoms with Gasteiger partial charge in [0.2, 0.25) is 0 Å². The standard InChI is InChI=1S/C17H14N5S/c1-11-6-7-15(23-11)21-17-18-9-8-13(20-17)16-12(2)19-14-5-3-4-10-22(14)16/h3-10H,1-2H3/q-1. The minimum absolute atomic E-state index is 0.467. The molecule has 4 rings (SSSR count). The smallest absolute Gasteiger partial charge is 0.137 e. The molecule has 0 amide bonds. The maximum absolute atomic E-state index is 4.60. The van der Waals surface area contributed by atoms with E-state index in [1.54, 1.807) is 17.5 Å². The van der Waals surface area contributed by atoms with Crippen LogP contribution in [-0.2, 0) is 0 Å². The van der Waals surface area contributed by atoms with E-state index < -0.39 is 0 Å². The Hall–Kier alpha value is -2.73. The van der Waals surface area contributed by atoms with E-state index in [0.717, 1.165) is 27.7 Å². The molecule has 4 aromatic rings. The lowest BCUT2D eigenvalue weighted by Gasteiger charge is -2.13. The molecule has 5 nitrogen and oxygen atoms in total. The number of pyridine rings is 1. The number of aryl methyl sites for hydroxylation is 2. The molecule has 4 heterocycles. The highest BCUT2D eigenvalue weighted by Crippen LogP contribution is 2.34. The fourth-order valence-corrected chi connectivity index (χ4v) is 3.27. The van der Waals surface area contributed by atoms with Crippen LogP contribution in [0.3, 0.4) is 0 Å². The summed E-state index contributed by atoms with van der Waals surface area (Å²) >= 11 is 1.63. The summed E-state index contributed by atoms with van der Waals surface area (Å²) in [5.74, 6) is 0.467. The first-order valence-corrected chi connectivity index (χ1v) is 8.07. The molecular weight excluding hydrogens is 306 g/mol. The van der Waals surface area contributed by atoms with E-state index in [2.05, 4.69) is 27.2 Å². The molecule has 0 aromatic carbocycles. The Labute approximate surface area is 137 Å². The van der Waals surface area contributed by atoms with Crippen molar-refractivity contribution in [3.63, 3.8) is 0 Å². The first-order chi connectivity index (χ1) is 11.2. The molecular formula is C17H14N5S-. The second-order valence-electron chi connectivity index (χ2n) is 5.21. The van der Waals surface area contributed by atoms with Crippen LogP contribution in [0.2, 0.25) is 0 Å². The normalized spacial score (nSPS) is 11.0. The predicted molar refractivity (Wildman–Crippen MR) is 92.7 cm³/mol. The van der Waals surface area contributed by atoms with Gasteiger partial charge in [0, 0.05) is 27.7 Å². The highest BCUT2D eigenvalue weighted by molar-refractivity contribution is 7.16. The highest BCUT2D eigenvalue weighted by atomic mass is 32.1. The van der Waals surface area contributed by atoms with E-state index in [1.807, 2.05) is 53.9 Å². The van der Waals surface area contributed by atoms with Crippen molar-refractivity contribution in [1.29, 1.82) is 0 Å². The van der Waals surface area contributed by atoms with Gasteiger partial charge >= 0.3 is 0 Å². The van der Waals surface area contributed by atoms with Gasteiger partial charge in [0.05, 0.1) is 11.4 Å². The largest absolute Gasteiger partial charge is 0.367 e. The molecule has 0 aliphatic carbocycles. The average molecular weight is 320 g/mol. The molecule has 6 heteroatoms. The van der Waals surface area contributed by atoms with Crippen LogP contribution in [0.1, 0.15) is 10.6 Å². The summed E-state index contributed by atoms with van der Waals surface area (Å²) in [4.78, 5) is 14.7. The number of rotatable bonds is 3. The van der Waals surface area contributed by atoms with Crippen LogP contribution in [0.25, 0.3) is 22.4 Å². The van der Waals surface area contributed by atoms with E-state index in [4.69, 9.17) is 0 Å². The lowest BCUT2D eigenvalue weighted by atomic mass is 10.2. The monoisotopic (exact) mass is 320 g/mol. The Morgan fingerprint density at radius 3 is 2.78 bits per heavy atom. The van der Waals surface area contributed by atoms with Gasteiger partial charge in [0.25, 0.3) is 0 Å². The summed E-state index contributed by atoms with van der Waals surface area (Å²) in [6.07, 6.45) is 3.73. The van der Waals surface area contributed by atoms with Crippen molar-refractivity contribution in [2.75, 3.05) is 0 Å². The van der Waals surface area contributed by atoms with Crippen LogP contribution in [0.15, 0.2) is 48.8 Å². The quantitative estimate of drug-likeness (QED) is 0.544. The summed E-state index contributed by atoms with van der Waals surface area (Å²) in [7, 11) is 0. The molecule has 0 radical (unpaired) electrons. The van der Waals surface area contributed by atoms with Gasteiger partial charge in [-0.2, -0.15) is 0 Å². The van der Waals surface area contributed by atoms with Gasteiger partial charge in [0.1, 0.15) is 5.65 Å². The maximum atomic E-state index is 4.60. The van der Waals surface area contributed by atoms with Crippen LogP contribution < -0.4 is 0 Å². The zero-order valence-corrected chi connectivity index (χ0v) is 13.6. The third kappa shape index (κ3) is 2.57. The van der Waals surface area contributed by atoms with Crippen LogP contribution in [0.4, 0.5) is 10.9 Å².